The zero-order valence-corrected chi connectivity index (χ0v) is 17.1. The van der Waals surface area contributed by atoms with Crippen LogP contribution in [0.15, 0.2) is 48.5 Å². The van der Waals surface area contributed by atoms with E-state index in [1.54, 1.807) is 0 Å². The largest absolute Gasteiger partial charge is 0.494 e. The van der Waals surface area contributed by atoms with Gasteiger partial charge in [0.1, 0.15) is 0 Å². The van der Waals surface area contributed by atoms with Gasteiger partial charge < -0.3 is 14.2 Å². The molecule has 142 valence electrons. The van der Waals surface area contributed by atoms with Crippen LogP contribution in [-0.2, 0) is 15.7 Å². The van der Waals surface area contributed by atoms with E-state index in [4.69, 9.17) is 9.31 Å². The lowest BCUT2D eigenvalue weighted by molar-refractivity contribution is 0.00578. The second-order valence-corrected chi connectivity index (χ2v) is 8.37. The van der Waals surface area contributed by atoms with Gasteiger partial charge in [-0.2, -0.15) is 0 Å². The highest BCUT2D eigenvalue weighted by molar-refractivity contribution is 6.62. The second-order valence-electron chi connectivity index (χ2n) is 8.37. The van der Waals surface area contributed by atoms with Crippen LogP contribution in [0.4, 0.5) is 5.69 Å². The first kappa shape index (κ1) is 19.7. The summed E-state index contributed by atoms with van der Waals surface area (Å²) in [7, 11) is 3.56. The van der Waals surface area contributed by atoms with Gasteiger partial charge in [-0.15, -0.1) is 0 Å². The number of ketones is 1. The van der Waals surface area contributed by atoms with Gasteiger partial charge in [0.05, 0.1) is 11.2 Å². The quantitative estimate of drug-likeness (QED) is 0.601. The van der Waals surface area contributed by atoms with E-state index < -0.39 is 0 Å². The average molecular weight is 365 g/mol. The minimum atomic E-state index is -0.378. The predicted octanol–water partition coefficient (Wildman–Crippen LogP) is 3.48. The molecule has 1 aliphatic rings. The van der Waals surface area contributed by atoms with Gasteiger partial charge in [-0.1, -0.05) is 36.4 Å². The summed E-state index contributed by atoms with van der Waals surface area (Å²) in [6, 6.07) is 15.7. The maximum absolute atomic E-state index is 12.6. The summed E-state index contributed by atoms with van der Waals surface area (Å²) in [5.41, 5.74) is 3.00. The molecular weight excluding hydrogens is 337 g/mol. The smallest absolute Gasteiger partial charge is 0.399 e. The zero-order valence-electron chi connectivity index (χ0n) is 17.1. The number of carbonyl (C=O) groups is 1. The van der Waals surface area contributed by atoms with Crippen molar-refractivity contribution in [3.05, 3.63) is 59.7 Å². The topological polar surface area (TPSA) is 38.8 Å². The highest BCUT2D eigenvalue weighted by Crippen LogP contribution is 2.36. The van der Waals surface area contributed by atoms with E-state index in [1.807, 2.05) is 95.2 Å². The third-order valence-corrected chi connectivity index (χ3v) is 5.55. The summed E-state index contributed by atoms with van der Waals surface area (Å²) in [5.74, 6) is 0.113. The Labute approximate surface area is 162 Å². The molecule has 2 aromatic carbocycles. The van der Waals surface area contributed by atoms with E-state index in [2.05, 4.69) is 0 Å². The number of anilines is 1. The second kappa shape index (κ2) is 7.14. The highest BCUT2D eigenvalue weighted by Gasteiger charge is 2.51. The first-order valence-electron chi connectivity index (χ1n) is 9.34. The van der Waals surface area contributed by atoms with Crippen LogP contribution in [0.25, 0.3) is 0 Å². The van der Waals surface area contributed by atoms with Crippen molar-refractivity contribution in [3.8, 4) is 0 Å². The molecule has 0 amide bonds. The van der Waals surface area contributed by atoms with Crippen molar-refractivity contribution in [2.24, 2.45) is 0 Å². The summed E-state index contributed by atoms with van der Waals surface area (Å²) in [4.78, 5) is 14.6. The highest BCUT2D eigenvalue weighted by atomic mass is 16.7. The van der Waals surface area contributed by atoms with Gasteiger partial charge >= 0.3 is 7.12 Å². The Balaban J connectivity index is 1.70. The van der Waals surface area contributed by atoms with Crippen LogP contribution in [0.5, 0.6) is 0 Å². The van der Waals surface area contributed by atoms with Crippen LogP contribution in [0, 0.1) is 0 Å². The molecule has 3 rings (SSSR count). The van der Waals surface area contributed by atoms with Crippen molar-refractivity contribution in [3.63, 3.8) is 0 Å². The molecule has 5 heteroatoms. The molecule has 0 bridgehead atoms. The molecule has 0 spiro atoms. The Hall–Kier alpha value is -2.11. The fourth-order valence-electron chi connectivity index (χ4n) is 3.02. The Morgan fingerprint density at radius 2 is 1.56 bits per heavy atom. The lowest BCUT2D eigenvalue weighted by atomic mass is 9.78. The molecule has 2 aromatic rings. The maximum atomic E-state index is 12.6. The van der Waals surface area contributed by atoms with E-state index >= 15 is 0 Å². The van der Waals surface area contributed by atoms with Gasteiger partial charge in [0.15, 0.2) is 5.78 Å². The fourth-order valence-corrected chi connectivity index (χ4v) is 3.02. The van der Waals surface area contributed by atoms with Crippen LogP contribution in [0.3, 0.4) is 0 Å². The molecule has 1 heterocycles. The number of hydrogen-bond donors (Lipinski definition) is 0. The lowest BCUT2D eigenvalue weighted by Gasteiger charge is -2.32. The van der Waals surface area contributed by atoms with Gasteiger partial charge in [-0.25, -0.2) is 0 Å². The van der Waals surface area contributed by atoms with E-state index in [1.165, 1.54) is 0 Å². The molecule has 1 saturated heterocycles. The van der Waals surface area contributed by atoms with Crippen LogP contribution >= 0.6 is 0 Å². The maximum Gasteiger partial charge on any atom is 0.494 e. The molecule has 1 fully saturated rings. The van der Waals surface area contributed by atoms with Crippen LogP contribution in [0.1, 0.15) is 43.6 Å². The third kappa shape index (κ3) is 4.09. The lowest BCUT2D eigenvalue weighted by Crippen LogP contribution is -2.41. The monoisotopic (exact) mass is 365 g/mol. The summed E-state index contributed by atoms with van der Waals surface area (Å²) in [6.45, 7) is 8.17. The molecule has 1 aliphatic heterocycles. The standard InChI is InChI=1S/C22H28BNO3/c1-21(2)22(3,4)27-23(26-21)18-12-10-16(11-13-18)14-20(25)17-8-7-9-19(15-17)24(5)6/h7-13,15H,14H2,1-6H3. The summed E-state index contributed by atoms with van der Waals surface area (Å²) in [5, 5.41) is 0. The van der Waals surface area contributed by atoms with Gasteiger partial charge in [-0.05, 0) is 50.9 Å². The minimum absolute atomic E-state index is 0.113. The molecule has 0 atom stereocenters. The number of nitrogens with zero attached hydrogens (tertiary/aromatic N) is 1. The zero-order chi connectivity index (χ0) is 19.8. The minimum Gasteiger partial charge on any atom is -0.399 e. The predicted molar refractivity (Wildman–Crippen MR) is 111 cm³/mol. The van der Waals surface area contributed by atoms with Gasteiger partial charge in [0.2, 0.25) is 0 Å². The molecule has 27 heavy (non-hydrogen) atoms. The average Bonchev–Trinajstić information content (AvgIpc) is 2.83. The Bertz CT molecular complexity index is 812. The summed E-state index contributed by atoms with van der Waals surface area (Å²) in [6.07, 6.45) is 0.376. The molecular formula is C22H28BNO3. The van der Waals surface area contributed by atoms with E-state index in [0.717, 1.165) is 22.3 Å². The van der Waals surface area contributed by atoms with Crippen molar-refractivity contribution >= 4 is 24.1 Å². The number of carbonyl (C=O) groups excluding carboxylic acids is 1. The summed E-state index contributed by atoms with van der Waals surface area (Å²) < 4.78 is 12.2. The number of hydrogen-bond acceptors (Lipinski definition) is 4. The summed E-state index contributed by atoms with van der Waals surface area (Å²) >= 11 is 0. The van der Waals surface area contributed by atoms with Crippen molar-refractivity contribution in [2.45, 2.75) is 45.3 Å². The number of benzene rings is 2. The number of Topliss-reactive ketones (excluding diaryl/α,β-unsaturated/α-hetero) is 1. The first-order chi connectivity index (χ1) is 12.6. The van der Waals surface area contributed by atoms with Crippen molar-refractivity contribution in [1.29, 1.82) is 0 Å². The van der Waals surface area contributed by atoms with E-state index in [0.29, 0.717) is 6.42 Å². The fraction of sp³-hybridized carbons (Fsp3) is 0.409. The van der Waals surface area contributed by atoms with Gasteiger partial charge in [0, 0.05) is 31.8 Å². The molecule has 0 N–H and O–H groups in total. The van der Waals surface area contributed by atoms with Crippen LogP contribution < -0.4 is 10.4 Å². The van der Waals surface area contributed by atoms with Crippen molar-refractivity contribution in [2.75, 3.05) is 19.0 Å². The molecule has 0 radical (unpaired) electrons. The van der Waals surface area contributed by atoms with Crippen molar-refractivity contribution < 1.29 is 14.1 Å². The Morgan fingerprint density at radius 1 is 0.963 bits per heavy atom. The first-order valence-corrected chi connectivity index (χ1v) is 9.34. The van der Waals surface area contributed by atoms with Crippen molar-refractivity contribution in [1.82, 2.24) is 0 Å². The van der Waals surface area contributed by atoms with Gasteiger partial charge in [-0.3, -0.25) is 4.79 Å². The molecule has 0 saturated carbocycles. The Morgan fingerprint density at radius 3 is 2.11 bits per heavy atom. The SMILES string of the molecule is CN(C)c1cccc(C(=O)Cc2ccc(B3OC(C)(C)C(C)(C)O3)cc2)c1. The molecule has 4 nitrogen and oxygen atoms in total. The van der Waals surface area contributed by atoms with E-state index in [9.17, 15) is 4.79 Å². The Kier molecular flexibility index (Phi) is 5.19. The van der Waals surface area contributed by atoms with Crippen LogP contribution in [-0.4, -0.2) is 38.2 Å². The van der Waals surface area contributed by atoms with Crippen LogP contribution in [0.2, 0.25) is 0 Å². The molecule has 0 aliphatic carbocycles. The number of rotatable bonds is 5. The molecule has 0 unspecified atom stereocenters. The normalized spacial score (nSPS) is 17.8. The van der Waals surface area contributed by atoms with E-state index in [-0.39, 0.29) is 24.1 Å². The third-order valence-electron chi connectivity index (χ3n) is 5.55. The van der Waals surface area contributed by atoms with Gasteiger partial charge in [0.25, 0.3) is 0 Å². The molecule has 0 aromatic heterocycles.